The predicted molar refractivity (Wildman–Crippen MR) is 70.3 cm³/mol. The van der Waals surface area contributed by atoms with E-state index in [4.69, 9.17) is 40.5 Å². The number of esters is 1. The topological polar surface area (TPSA) is 52.3 Å². The van der Waals surface area contributed by atoms with Gasteiger partial charge in [0.15, 0.2) is 0 Å². The van der Waals surface area contributed by atoms with Gasteiger partial charge in [-0.2, -0.15) is 0 Å². The van der Waals surface area contributed by atoms with Gasteiger partial charge in [-0.3, -0.25) is 4.79 Å². The first-order chi connectivity index (χ1) is 6.97. The van der Waals surface area contributed by atoms with Gasteiger partial charge in [-0.1, -0.05) is 34.8 Å². The summed E-state index contributed by atoms with van der Waals surface area (Å²) in [6, 6.07) is -0.782. The lowest BCUT2D eigenvalue weighted by Gasteiger charge is -2.08. The molecule has 0 bridgehead atoms. The van der Waals surface area contributed by atoms with Crippen LogP contribution in [0.15, 0.2) is 0 Å². The highest BCUT2D eigenvalue weighted by Crippen LogP contribution is 2.40. The number of ether oxygens (including phenoxy) is 1. The second kappa shape index (κ2) is 6.89. The van der Waals surface area contributed by atoms with Gasteiger partial charge in [0, 0.05) is 12.0 Å². The SMILES string of the molecule is COC(=O)C(N)Cc1c(Cl)sc(Cl)c1Cl.Cl. The molecule has 0 saturated carbocycles. The van der Waals surface area contributed by atoms with E-state index in [0.29, 0.717) is 19.3 Å². The Kier molecular flexibility index (Phi) is 7.01. The predicted octanol–water partition coefficient (Wildman–Crippen LogP) is 3.17. The van der Waals surface area contributed by atoms with Crippen LogP contribution in [-0.4, -0.2) is 19.1 Å². The molecule has 0 amide bonds. The first kappa shape index (κ1) is 16.3. The summed E-state index contributed by atoms with van der Waals surface area (Å²) in [5, 5.41) is 0.353. The van der Waals surface area contributed by atoms with Gasteiger partial charge in [-0.05, 0) is 0 Å². The molecule has 0 spiro atoms. The molecule has 3 nitrogen and oxygen atoms in total. The normalized spacial score (nSPS) is 11.8. The van der Waals surface area contributed by atoms with E-state index >= 15 is 0 Å². The Labute approximate surface area is 118 Å². The lowest BCUT2D eigenvalue weighted by molar-refractivity contribution is -0.142. The third-order valence-electron chi connectivity index (χ3n) is 1.78. The fourth-order valence-corrected chi connectivity index (χ4v) is 2.95. The molecule has 2 N–H and O–H groups in total. The minimum atomic E-state index is -0.782. The summed E-state index contributed by atoms with van der Waals surface area (Å²) in [6.07, 6.45) is 0.216. The number of nitrogens with two attached hydrogens (primary N) is 1. The van der Waals surface area contributed by atoms with Crippen LogP contribution in [0.25, 0.3) is 0 Å². The molecule has 1 rings (SSSR count). The maximum Gasteiger partial charge on any atom is 0.322 e. The first-order valence-corrected chi connectivity index (χ1v) is 5.88. The average Bonchev–Trinajstić information content (AvgIpc) is 2.43. The van der Waals surface area contributed by atoms with Gasteiger partial charge in [0.2, 0.25) is 0 Å². The van der Waals surface area contributed by atoms with Crippen molar-refractivity contribution < 1.29 is 9.53 Å². The number of hydrogen-bond acceptors (Lipinski definition) is 4. The van der Waals surface area contributed by atoms with Crippen LogP contribution in [0.3, 0.4) is 0 Å². The molecule has 8 heteroatoms. The van der Waals surface area contributed by atoms with E-state index in [1.54, 1.807) is 0 Å². The van der Waals surface area contributed by atoms with Crippen molar-refractivity contribution in [2.24, 2.45) is 5.73 Å². The molecular weight excluding hydrogens is 316 g/mol. The zero-order valence-electron chi connectivity index (χ0n) is 8.13. The molecule has 0 radical (unpaired) electrons. The molecule has 0 aromatic carbocycles. The summed E-state index contributed by atoms with van der Waals surface area (Å²) in [6.45, 7) is 0. The number of methoxy groups -OCH3 is 1. The minimum Gasteiger partial charge on any atom is -0.468 e. The molecule has 0 fully saturated rings. The van der Waals surface area contributed by atoms with Gasteiger partial charge in [0.1, 0.15) is 10.4 Å². The van der Waals surface area contributed by atoms with Crippen molar-refractivity contribution in [3.63, 3.8) is 0 Å². The summed E-state index contributed by atoms with van der Waals surface area (Å²) in [5.41, 5.74) is 6.17. The second-order valence-electron chi connectivity index (χ2n) is 2.78. The van der Waals surface area contributed by atoms with E-state index in [-0.39, 0.29) is 18.8 Å². The highest BCUT2D eigenvalue weighted by Gasteiger charge is 2.21. The number of hydrogen-bond donors (Lipinski definition) is 1. The van der Waals surface area contributed by atoms with Gasteiger partial charge in [-0.25, -0.2) is 0 Å². The lowest BCUT2D eigenvalue weighted by Crippen LogP contribution is -2.33. The first-order valence-electron chi connectivity index (χ1n) is 3.93. The molecule has 0 aliphatic carbocycles. The van der Waals surface area contributed by atoms with Crippen LogP contribution in [0, 0.1) is 0 Å². The maximum atomic E-state index is 11.1. The van der Waals surface area contributed by atoms with Crippen LogP contribution in [0.5, 0.6) is 0 Å². The molecule has 1 unspecified atom stereocenters. The standard InChI is InChI=1S/C8H8Cl3NO2S.ClH/c1-14-8(13)4(12)2-3-5(9)7(11)15-6(3)10;/h4H,2,12H2,1H3;1H. The molecule has 16 heavy (non-hydrogen) atoms. The van der Waals surface area contributed by atoms with Crippen molar-refractivity contribution in [3.05, 3.63) is 19.3 Å². The fraction of sp³-hybridized carbons (Fsp3) is 0.375. The van der Waals surface area contributed by atoms with Crippen LogP contribution in [-0.2, 0) is 16.0 Å². The van der Waals surface area contributed by atoms with Crippen LogP contribution in [0.4, 0.5) is 0 Å². The Bertz CT molecular complexity index is 382. The van der Waals surface area contributed by atoms with E-state index in [1.165, 1.54) is 7.11 Å². The highest BCUT2D eigenvalue weighted by molar-refractivity contribution is 7.20. The average molecular weight is 325 g/mol. The van der Waals surface area contributed by atoms with Crippen LogP contribution >= 0.6 is 58.5 Å². The van der Waals surface area contributed by atoms with Crippen LogP contribution in [0.2, 0.25) is 13.7 Å². The quantitative estimate of drug-likeness (QED) is 0.869. The van der Waals surface area contributed by atoms with Crippen LogP contribution < -0.4 is 5.73 Å². The van der Waals surface area contributed by atoms with E-state index < -0.39 is 12.0 Å². The molecule has 1 aromatic heterocycles. The number of carbonyl (C=O) groups excluding carboxylic acids is 1. The van der Waals surface area contributed by atoms with Crippen molar-refractivity contribution in [2.45, 2.75) is 12.5 Å². The molecular formula is C8H9Cl4NO2S. The van der Waals surface area contributed by atoms with E-state index in [0.717, 1.165) is 11.3 Å². The lowest BCUT2D eigenvalue weighted by atomic mass is 10.1. The largest absolute Gasteiger partial charge is 0.468 e. The Morgan fingerprint density at radius 3 is 2.38 bits per heavy atom. The molecule has 0 aliphatic rings. The molecule has 1 atom stereocenters. The number of rotatable bonds is 3. The molecule has 0 saturated heterocycles. The molecule has 1 heterocycles. The smallest absolute Gasteiger partial charge is 0.322 e. The summed E-state index contributed by atoms with van der Waals surface area (Å²) in [7, 11) is 1.27. The number of carbonyl (C=O) groups is 1. The maximum absolute atomic E-state index is 11.1. The Morgan fingerprint density at radius 1 is 1.44 bits per heavy atom. The monoisotopic (exact) mass is 323 g/mol. The molecule has 92 valence electrons. The van der Waals surface area contributed by atoms with Crippen molar-refractivity contribution in [3.8, 4) is 0 Å². The van der Waals surface area contributed by atoms with Gasteiger partial charge in [-0.15, -0.1) is 23.7 Å². The minimum absolute atomic E-state index is 0. The van der Waals surface area contributed by atoms with Gasteiger partial charge in [0.05, 0.1) is 16.5 Å². The van der Waals surface area contributed by atoms with Crippen molar-refractivity contribution in [2.75, 3.05) is 7.11 Å². The molecule has 1 aromatic rings. The summed E-state index contributed by atoms with van der Waals surface area (Å²) < 4.78 is 5.34. The third-order valence-corrected chi connectivity index (χ3v) is 4.10. The zero-order chi connectivity index (χ0) is 11.6. The molecule has 0 aliphatic heterocycles. The Hall–Kier alpha value is 0.290. The van der Waals surface area contributed by atoms with Crippen LogP contribution in [0.1, 0.15) is 5.56 Å². The summed E-state index contributed by atoms with van der Waals surface area (Å²) in [5.74, 6) is -0.510. The second-order valence-corrected chi connectivity index (χ2v) is 5.38. The van der Waals surface area contributed by atoms with Crippen molar-refractivity contribution in [1.82, 2.24) is 0 Å². The van der Waals surface area contributed by atoms with Gasteiger partial charge < -0.3 is 10.5 Å². The van der Waals surface area contributed by atoms with E-state index in [2.05, 4.69) is 4.74 Å². The van der Waals surface area contributed by atoms with E-state index in [9.17, 15) is 4.79 Å². The Morgan fingerprint density at radius 2 is 2.00 bits per heavy atom. The summed E-state index contributed by atoms with van der Waals surface area (Å²) >= 11 is 18.7. The third kappa shape index (κ3) is 3.65. The van der Waals surface area contributed by atoms with Crippen molar-refractivity contribution in [1.29, 1.82) is 0 Å². The fourth-order valence-electron chi connectivity index (χ4n) is 1.01. The Balaban J connectivity index is 0.00000225. The van der Waals surface area contributed by atoms with Crippen molar-refractivity contribution >= 4 is 64.5 Å². The number of thiophene rings is 1. The zero-order valence-corrected chi connectivity index (χ0v) is 12.0. The van der Waals surface area contributed by atoms with Gasteiger partial charge >= 0.3 is 5.97 Å². The highest BCUT2D eigenvalue weighted by atomic mass is 35.5. The summed E-state index contributed by atoms with van der Waals surface area (Å²) in [4.78, 5) is 11.1. The number of halogens is 4. The van der Waals surface area contributed by atoms with E-state index in [1.807, 2.05) is 0 Å². The van der Waals surface area contributed by atoms with Gasteiger partial charge in [0.25, 0.3) is 0 Å².